The lowest BCUT2D eigenvalue weighted by molar-refractivity contribution is -0.109. The molecule has 0 aliphatic carbocycles. The Hall–Kier alpha value is -2.15. The number of ether oxygens (including phenoxy) is 1. The Morgan fingerprint density at radius 2 is 2.19 bits per heavy atom. The van der Waals surface area contributed by atoms with Crippen LogP contribution in [0.5, 0.6) is 0 Å². The fraction of sp³-hybridized carbons (Fsp3) is 0.385. The van der Waals surface area contributed by atoms with Crippen LogP contribution in [0.1, 0.15) is 32.4 Å². The molecule has 2 aromatic heterocycles. The molecule has 0 aromatic carbocycles. The number of hydrogen-bond acceptors (Lipinski definition) is 5. The minimum Gasteiger partial charge on any atom is -0.444 e. The van der Waals surface area contributed by atoms with E-state index < -0.39 is 17.7 Å². The van der Waals surface area contributed by atoms with Crippen molar-refractivity contribution in [3.05, 3.63) is 23.2 Å². The Morgan fingerprint density at radius 3 is 2.81 bits per heavy atom. The number of H-pyrrole nitrogens is 1. The molecule has 0 saturated heterocycles. The molecule has 2 heterocycles. The van der Waals surface area contributed by atoms with E-state index in [-0.39, 0.29) is 5.15 Å². The molecule has 2 rings (SSSR count). The standard InChI is InChI=1S/C13H15ClN4O3/c1-13(2,3)21-12(20)18-8(5-19)7-4-15-11-9(7)10(14)16-6-17-11/h4-6,8H,1-3H3,(H,18,20)(H,15,16,17). The fourth-order valence-corrected chi connectivity index (χ4v) is 2.05. The van der Waals surface area contributed by atoms with E-state index in [2.05, 4.69) is 20.3 Å². The first-order valence-electron chi connectivity index (χ1n) is 6.24. The first-order chi connectivity index (χ1) is 9.81. The van der Waals surface area contributed by atoms with Crippen LogP contribution in [-0.2, 0) is 9.53 Å². The number of rotatable bonds is 3. The number of amides is 1. The van der Waals surface area contributed by atoms with Crippen molar-refractivity contribution in [1.29, 1.82) is 0 Å². The van der Waals surface area contributed by atoms with E-state index in [9.17, 15) is 9.59 Å². The van der Waals surface area contributed by atoms with E-state index in [1.807, 2.05) is 0 Å². The molecule has 0 spiro atoms. The summed E-state index contributed by atoms with van der Waals surface area (Å²) in [7, 11) is 0. The highest BCUT2D eigenvalue weighted by atomic mass is 35.5. The van der Waals surface area contributed by atoms with Crippen LogP contribution in [0, 0.1) is 0 Å². The number of fused-ring (bicyclic) bond motifs is 1. The molecule has 21 heavy (non-hydrogen) atoms. The molecule has 7 nitrogen and oxygen atoms in total. The second-order valence-corrected chi connectivity index (χ2v) is 5.75. The summed E-state index contributed by atoms with van der Waals surface area (Å²) in [4.78, 5) is 33.8. The van der Waals surface area contributed by atoms with Crippen LogP contribution in [0.3, 0.4) is 0 Å². The van der Waals surface area contributed by atoms with Gasteiger partial charge in [-0.25, -0.2) is 14.8 Å². The van der Waals surface area contributed by atoms with Gasteiger partial charge in [0.15, 0.2) is 0 Å². The number of halogens is 1. The third kappa shape index (κ3) is 3.49. The molecule has 2 aromatic rings. The van der Waals surface area contributed by atoms with Crippen LogP contribution < -0.4 is 5.32 Å². The summed E-state index contributed by atoms with van der Waals surface area (Å²) in [5, 5.41) is 3.18. The topological polar surface area (TPSA) is 97.0 Å². The van der Waals surface area contributed by atoms with Crippen molar-refractivity contribution in [2.75, 3.05) is 0 Å². The minimum absolute atomic E-state index is 0.203. The molecule has 8 heteroatoms. The number of nitrogens with one attached hydrogen (secondary N) is 2. The van der Waals surface area contributed by atoms with Gasteiger partial charge in [0.1, 0.15) is 35.1 Å². The molecule has 0 fully saturated rings. The van der Waals surface area contributed by atoms with Crippen molar-refractivity contribution < 1.29 is 14.3 Å². The van der Waals surface area contributed by atoms with Crippen LogP contribution in [0.25, 0.3) is 11.0 Å². The van der Waals surface area contributed by atoms with Crippen LogP contribution in [-0.4, -0.2) is 32.9 Å². The zero-order valence-corrected chi connectivity index (χ0v) is 12.6. The molecule has 2 N–H and O–H groups in total. The zero-order valence-electron chi connectivity index (χ0n) is 11.8. The lowest BCUT2D eigenvalue weighted by Crippen LogP contribution is -2.35. The fourth-order valence-electron chi connectivity index (χ4n) is 1.81. The molecule has 1 amide bonds. The summed E-state index contributed by atoms with van der Waals surface area (Å²) in [6.45, 7) is 5.21. The Morgan fingerprint density at radius 1 is 1.48 bits per heavy atom. The number of alkyl carbamates (subject to hydrolysis) is 1. The maximum Gasteiger partial charge on any atom is 0.408 e. The van der Waals surface area contributed by atoms with Crippen molar-refractivity contribution in [2.45, 2.75) is 32.4 Å². The van der Waals surface area contributed by atoms with Gasteiger partial charge in [0, 0.05) is 11.8 Å². The first-order valence-corrected chi connectivity index (χ1v) is 6.62. The molecule has 0 bridgehead atoms. The Kier molecular flexibility index (Phi) is 4.13. The Bertz CT molecular complexity index is 678. The molecule has 0 radical (unpaired) electrons. The van der Waals surface area contributed by atoms with E-state index in [0.717, 1.165) is 0 Å². The SMILES string of the molecule is CC(C)(C)OC(=O)NC(C=O)c1c[nH]c2ncnc(Cl)c12. The lowest BCUT2D eigenvalue weighted by Gasteiger charge is -2.21. The number of carbonyl (C=O) groups excluding carboxylic acids is 2. The number of aromatic nitrogens is 3. The van der Waals surface area contributed by atoms with Gasteiger partial charge in [-0.15, -0.1) is 0 Å². The van der Waals surface area contributed by atoms with Crippen LogP contribution in [0.15, 0.2) is 12.5 Å². The van der Waals surface area contributed by atoms with Gasteiger partial charge < -0.3 is 19.8 Å². The second kappa shape index (κ2) is 5.69. The average molecular weight is 311 g/mol. The Labute approximate surface area is 126 Å². The van der Waals surface area contributed by atoms with Gasteiger partial charge in [-0.05, 0) is 20.8 Å². The number of hydrogen-bond donors (Lipinski definition) is 2. The summed E-state index contributed by atoms with van der Waals surface area (Å²) in [6, 6.07) is -0.905. The summed E-state index contributed by atoms with van der Waals surface area (Å²) < 4.78 is 5.13. The highest BCUT2D eigenvalue weighted by Gasteiger charge is 2.23. The van der Waals surface area contributed by atoms with E-state index in [1.54, 1.807) is 27.0 Å². The number of aromatic amines is 1. The smallest absolute Gasteiger partial charge is 0.408 e. The number of aldehydes is 1. The third-order valence-electron chi connectivity index (χ3n) is 2.60. The van der Waals surface area contributed by atoms with Gasteiger partial charge in [-0.3, -0.25) is 0 Å². The molecule has 1 unspecified atom stereocenters. The largest absolute Gasteiger partial charge is 0.444 e. The van der Waals surface area contributed by atoms with Crippen molar-refractivity contribution in [3.8, 4) is 0 Å². The maximum atomic E-state index is 11.8. The van der Waals surface area contributed by atoms with E-state index in [0.29, 0.717) is 22.9 Å². The van der Waals surface area contributed by atoms with Crippen LogP contribution in [0.2, 0.25) is 5.15 Å². The summed E-state index contributed by atoms with van der Waals surface area (Å²) >= 11 is 6.02. The number of nitrogens with zero attached hydrogens (tertiary/aromatic N) is 2. The van der Waals surface area contributed by atoms with Gasteiger partial charge in [-0.2, -0.15) is 0 Å². The highest BCUT2D eigenvalue weighted by Crippen LogP contribution is 2.27. The predicted molar refractivity (Wildman–Crippen MR) is 77.1 cm³/mol. The van der Waals surface area contributed by atoms with E-state index in [1.165, 1.54) is 6.33 Å². The van der Waals surface area contributed by atoms with E-state index >= 15 is 0 Å². The minimum atomic E-state index is -0.905. The number of carbonyl (C=O) groups is 2. The lowest BCUT2D eigenvalue weighted by atomic mass is 10.1. The summed E-state index contributed by atoms with van der Waals surface area (Å²) in [5.74, 6) is 0. The van der Waals surface area contributed by atoms with Gasteiger partial charge >= 0.3 is 6.09 Å². The molecular weight excluding hydrogens is 296 g/mol. The highest BCUT2D eigenvalue weighted by molar-refractivity contribution is 6.34. The molecular formula is C13H15ClN4O3. The van der Waals surface area contributed by atoms with Crippen molar-refractivity contribution in [3.63, 3.8) is 0 Å². The van der Waals surface area contributed by atoms with Crippen LogP contribution >= 0.6 is 11.6 Å². The van der Waals surface area contributed by atoms with Gasteiger partial charge in [-0.1, -0.05) is 11.6 Å². The van der Waals surface area contributed by atoms with Crippen molar-refractivity contribution in [2.24, 2.45) is 0 Å². The molecule has 0 saturated carbocycles. The second-order valence-electron chi connectivity index (χ2n) is 5.39. The van der Waals surface area contributed by atoms with Gasteiger partial charge in [0.25, 0.3) is 0 Å². The predicted octanol–water partition coefficient (Wildman–Crippen LogP) is 2.38. The maximum absolute atomic E-state index is 11.8. The first kappa shape index (κ1) is 15.2. The van der Waals surface area contributed by atoms with Gasteiger partial charge in [0.05, 0.1) is 5.39 Å². The molecule has 1 atom stereocenters. The molecule has 0 aliphatic heterocycles. The van der Waals surface area contributed by atoms with Crippen LogP contribution in [0.4, 0.5) is 4.79 Å². The van der Waals surface area contributed by atoms with E-state index in [4.69, 9.17) is 16.3 Å². The zero-order chi connectivity index (χ0) is 15.6. The van der Waals surface area contributed by atoms with Crippen molar-refractivity contribution >= 4 is 35.0 Å². The summed E-state index contributed by atoms with van der Waals surface area (Å²) in [5.41, 5.74) is 0.317. The molecule has 0 aliphatic rings. The van der Waals surface area contributed by atoms with Crippen molar-refractivity contribution in [1.82, 2.24) is 20.3 Å². The monoisotopic (exact) mass is 310 g/mol. The third-order valence-corrected chi connectivity index (χ3v) is 2.88. The molecule has 112 valence electrons. The van der Waals surface area contributed by atoms with Gasteiger partial charge in [0.2, 0.25) is 0 Å². The quantitative estimate of drug-likeness (QED) is 0.670. The normalized spacial score (nSPS) is 13.0. The summed E-state index contributed by atoms with van der Waals surface area (Å²) in [6.07, 6.45) is 2.77. The Balaban J connectivity index is 2.28. The average Bonchev–Trinajstić information content (AvgIpc) is 2.79.